The van der Waals surface area contributed by atoms with Crippen LogP contribution in [-0.2, 0) is 9.59 Å². The molecule has 1 saturated heterocycles. The highest BCUT2D eigenvalue weighted by molar-refractivity contribution is 8.14. The number of nitrogens with one attached hydrogen (secondary N) is 1. The summed E-state index contributed by atoms with van der Waals surface area (Å²) in [6.07, 6.45) is 6.80. The summed E-state index contributed by atoms with van der Waals surface area (Å²) in [6.45, 7) is 1.80. The van der Waals surface area contributed by atoms with Crippen LogP contribution in [0.4, 0.5) is 11.6 Å². The van der Waals surface area contributed by atoms with Crippen molar-refractivity contribution in [1.29, 1.82) is 0 Å². The van der Waals surface area contributed by atoms with Crippen LogP contribution in [0, 0.1) is 0 Å². The predicted molar refractivity (Wildman–Crippen MR) is 142 cm³/mol. The number of aliphatic imine (C=N–C) groups is 1. The third-order valence-electron chi connectivity index (χ3n) is 5.94. The standard InChI is InChI=1S/C26H26N6O4S/c1-35-21-12-10-19(11-13-21)16-22-25(34)32(20-8-4-2-5-9-20)26(27-22)37-18-23(33)28-24-17-31(29-36-24)30-14-6-3-7-15-30/h2,4-5,8-13,16-17H,3,6-7,14-15,18H2,1H3/p+1/b22-16+. The highest BCUT2D eigenvalue weighted by Crippen LogP contribution is 2.29. The monoisotopic (exact) mass is 519 g/mol. The summed E-state index contributed by atoms with van der Waals surface area (Å²) in [5.41, 5.74) is 1.78. The molecule has 1 aromatic heterocycles. The minimum Gasteiger partial charge on any atom is -0.497 e. The molecular weight excluding hydrogens is 492 g/mol. The van der Waals surface area contributed by atoms with Gasteiger partial charge in [-0.3, -0.25) is 24.3 Å². The number of methoxy groups -OCH3 is 1. The van der Waals surface area contributed by atoms with E-state index >= 15 is 0 Å². The van der Waals surface area contributed by atoms with Crippen LogP contribution < -0.4 is 24.8 Å². The Morgan fingerprint density at radius 3 is 2.62 bits per heavy atom. The summed E-state index contributed by atoms with van der Waals surface area (Å²) in [6, 6.07) is 16.6. The van der Waals surface area contributed by atoms with Crippen LogP contribution in [-0.4, -0.2) is 48.2 Å². The molecule has 5 rings (SSSR count). The predicted octanol–water partition coefficient (Wildman–Crippen LogP) is 3.21. The smallest absolute Gasteiger partial charge is 0.305 e. The molecular formula is C26H27N6O4S+. The van der Waals surface area contributed by atoms with Crippen molar-refractivity contribution in [2.24, 2.45) is 4.99 Å². The molecule has 0 unspecified atom stereocenters. The quantitative estimate of drug-likeness (QED) is 0.378. The van der Waals surface area contributed by atoms with Crippen LogP contribution in [0.1, 0.15) is 24.8 Å². The third kappa shape index (κ3) is 5.83. The molecule has 0 saturated carbocycles. The van der Waals surface area contributed by atoms with E-state index in [1.165, 1.54) is 23.1 Å². The second kappa shape index (κ2) is 11.3. The molecule has 3 heterocycles. The van der Waals surface area contributed by atoms with E-state index in [1.54, 1.807) is 24.2 Å². The van der Waals surface area contributed by atoms with Crippen LogP contribution in [0.3, 0.4) is 0 Å². The van der Waals surface area contributed by atoms with Gasteiger partial charge in [0.15, 0.2) is 5.17 Å². The van der Waals surface area contributed by atoms with Crippen LogP contribution in [0.5, 0.6) is 5.75 Å². The van der Waals surface area contributed by atoms with Gasteiger partial charge in [0.2, 0.25) is 11.2 Å². The molecule has 0 radical (unpaired) electrons. The fourth-order valence-electron chi connectivity index (χ4n) is 4.07. The van der Waals surface area contributed by atoms with Gasteiger partial charge in [0.1, 0.15) is 11.4 Å². The van der Waals surface area contributed by atoms with Crippen LogP contribution >= 0.6 is 11.8 Å². The molecule has 1 fully saturated rings. The first-order chi connectivity index (χ1) is 18.1. The van der Waals surface area contributed by atoms with Crippen molar-refractivity contribution in [3.63, 3.8) is 0 Å². The molecule has 190 valence electrons. The van der Waals surface area contributed by atoms with Crippen molar-refractivity contribution < 1.29 is 23.6 Å². The maximum absolute atomic E-state index is 13.3. The molecule has 2 aliphatic heterocycles. The lowest BCUT2D eigenvalue weighted by Gasteiger charge is -2.17. The second-order valence-electron chi connectivity index (χ2n) is 8.51. The number of amidine groups is 1. The molecule has 11 heteroatoms. The fraction of sp³-hybridized carbons (Fsp3) is 0.269. The fourth-order valence-corrected chi connectivity index (χ4v) is 4.88. The Morgan fingerprint density at radius 1 is 1.14 bits per heavy atom. The number of benzene rings is 2. The first kappa shape index (κ1) is 24.6. The van der Waals surface area contributed by atoms with Gasteiger partial charge in [-0.1, -0.05) is 42.1 Å². The molecule has 37 heavy (non-hydrogen) atoms. The minimum atomic E-state index is -0.289. The lowest BCUT2D eigenvalue weighted by atomic mass is 10.2. The molecule has 0 aliphatic carbocycles. The maximum atomic E-state index is 13.3. The molecule has 2 aliphatic rings. The number of aromatic nitrogens is 2. The van der Waals surface area contributed by atoms with E-state index < -0.39 is 0 Å². The summed E-state index contributed by atoms with van der Waals surface area (Å²) in [7, 11) is 1.60. The highest BCUT2D eigenvalue weighted by atomic mass is 32.2. The van der Waals surface area contributed by atoms with E-state index in [9.17, 15) is 9.59 Å². The number of carbonyl (C=O) groups is 2. The Morgan fingerprint density at radius 2 is 1.89 bits per heavy atom. The molecule has 0 atom stereocenters. The Hall–Kier alpha value is -4.12. The van der Waals surface area contributed by atoms with Crippen molar-refractivity contribution in [3.05, 3.63) is 72.1 Å². The number of hydrogen-bond acceptors (Lipinski definition) is 8. The zero-order chi connectivity index (χ0) is 25.6. The number of hydrogen-bond donors (Lipinski definition) is 1. The first-order valence-corrected chi connectivity index (χ1v) is 13.0. The Labute approximate surface area is 218 Å². The molecule has 10 nitrogen and oxygen atoms in total. The van der Waals surface area contributed by atoms with Crippen LogP contribution in [0.2, 0.25) is 0 Å². The van der Waals surface area contributed by atoms with E-state index in [1.807, 2.05) is 54.6 Å². The van der Waals surface area contributed by atoms with Gasteiger partial charge in [0.25, 0.3) is 12.1 Å². The van der Waals surface area contributed by atoms with Gasteiger partial charge < -0.3 is 4.74 Å². The Balaban J connectivity index is 1.29. The number of nitrogens with zero attached hydrogens (tertiary/aromatic N) is 5. The average molecular weight is 520 g/mol. The number of piperidine rings is 1. The Kier molecular flexibility index (Phi) is 7.50. The summed E-state index contributed by atoms with van der Waals surface area (Å²) in [5, 5.41) is 9.24. The number of thioether (sulfide) groups is 1. The topological polar surface area (TPSA) is 104 Å². The maximum Gasteiger partial charge on any atom is 0.305 e. The van der Waals surface area contributed by atoms with E-state index in [4.69, 9.17) is 9.26 Å². The molecule has 3 aromatic rings. The van der Waals surface area contributed by atoms with E-state index in [2.05, 4.69) is 20.6 Å². The molecule has 2 aromatic carbocycles. The van der Waals surface area contributed by atoms with E-state index in [0.29, 0.717) is 10.9 Å². The lowest BCUT2D eigenvalue weighted by molar-refractivity contribution is -0.759. The summed E-state index contributed by atoms with van der Waals surface area (Å²) in [4.78, 5) is 33.7. The molecule has 0 bridgehead atoms. The average Bonchev–Trinajstić information content (AvgIpc) is 3.53. The van der Waals surface area contributed by atoms with Gasteiger partial charge in [0, 0.05) is 0 Å². The van der Waals surface area contributed by atoms with Gasteiger partial charge in [-0.2, -0.15) is 5.01 Å². The number of amides is 2. The molecule has 2 amide bonds. The van der Waals surface area contributed by atoms with E-state index in [0.717, 1.165) is 37.2 Å². The van der Waals surface area contributed by atoms with Crippen molar-refractivity contribution in [2.75, 3.05) is 41.2 Å². The number of anilines is 2. The van der Waals surface area contributed by atoms with Crippen LogP contribution in [0.15, 0.2) is 76.0 Å². The summed E-state index contributed by atoms with van der Waals surface area (Å²) in [5.74, 6) is 0.478. The minimum absolute atomic E-state index is 0.0374. The van der Waals surface area contributed by atoms with Crippen molar-refractivity contribution in [3.8, 4) is 5.75 Å². The second-order valence-corrected chi connectivity index (χ2v) is 9.45. The van der Waals surface area contributed by atoms with Gasteiger partial charge in [-0.25, -0.2) is 4.99 Å². The SMILES string of the molecule is COc1ccc(/C=C2/N=C(SCC(=O)Nc3c[n+](N4CCCCC4)no3)N(c3ccccc3)C2=O)cc1. The summed E-state index contributed by atoms with van der Waals surface area (Å²) >= 11 is 1.18. The number of rotatable bonds is 7. The molecule has 1 N–H and O–H groups in total. The van der Waals surface area contributed by atoms with Crippen molar-refractivity contribution in [1.82, 2.24) is 5.27 Å². The lowest BCUT2D eigenvalue weighted by Crippen LogP contribution is -2.60. The van der Waals surface area contributed by atoms with E-state index in [-0.39, 0.29) is 29.1 Å². The Bertz CT molecular complexity index is 1320. The van der Waals surface area contributed by atoms with Gasteiger partial charge in [-0.15, -0.1) is 0 Å². The van der Waals surface area contributed by atoms with Crippen molar-refractivity contribution in [2.45, 2.75) is 19.3 Å². The number of para-hydroxylation sites is 1. The largest absolute Gasteiger partial charge is 0.497 e. The van der Waals surface area contributed by atoms with Crippen molar-refractivity contribution >= 4 is 46.4 Å². The summed E-state index contributed by atoms with van der Waals surface area (Å²) < 4.78 is 10.5. The van der Waals surface area contributed by atoms with Gasteiger partial charge in [-0.05, 0) is 55.2 Å². The highest BCUT2D eigenvalue weighted by Gasteiger charge is 2.32. The number of ether oxygens (including phenoxy) is 1. The zero-order valence-corrected chi connectivity index (χ0v) is 21.2. The molecule has 0 spiro atoms. The normalized spacial score (nSPS) is 16.7. The van der Waals surface area contributed by atoms with Crippen LogP contribution in [0.25, 0.3) is 6.08 Å². The first-order valence-electron chi connectivity index (χ1n) is 12.0. The van der Waals surface area contributed by atoms with Gasteiger partial charge in [0.05, 0.1) is 36.4 Å². The van der Waals surface area contributed by atoms with Gasteiger partial charge >= 0.3 is 5.88 Å². The third-order valence-corrected chi connectivity index (χ3v) is 6.87. The zero-order valence-electron chi connectivity index (χ0n) is 20.4. The number of carbonyl (C=O) groups excluding carboxylic acids is 2.